The third kappa shape index (κ3) is 10.9. The zero-order valence-electron chi connectivity index (χ0n) is 25.1. The summed E-state index contributed by atoms with van der Waals surface area (Å²) in [5.74, 6) is 1.63. The number of carbonyl (C=O) groups is 2. The predicted molar refractivity (Wildman–Crippen MR) is 169 cm³/mol. The van der Waals surface area contributed by atoms with Crippen molar-refractivity contribution in [2.75, 3.05) is 18.1 Å². The van der Waals surface area contributed by atoms with Crippen LogP contribution in [0.15, 0.2) is 24.3 Å². The second kappa shape index (κ2) is 16.9. The van der Waals surface area contributed by atoms with E-state index in [2.05, 4.69) is 68.3 Å². The van der Waals surface area contributed by atoms with E-state index in [0.29, 0.717) is 25.7 Å². The molecule has 0 amide bonds. The van der Waals surface area contributed by atoms with E-state index in [1.807, 2.05) is 6.08 Å². The Balaban J connectivity index is 1.83. The largest absolute Gasteiger partial charge is 0.481 e. The van der Waals surface area contributed by atoms with Crippen LogP contribution >= 0.6 is 23.5 Å². The fourth-order valence-corrected chi connectivity index (χ4v) is 10.4. The molecule has 40 heavy (non-hydrogen) atoms. The summed E-state index contributed by atoms with van der Waals surface area (Å²) in [5, 5.41) is 8.90. The Hall–Kier alpha value is -0.583. The first-order valence-corrected chi connectivity index (χ1v) is 20.8. The van der Waals surface area contributed by atoms with E-state index in [0.717, 1.165) is 43.8 Å². The summed E-state index contributed by atoms with van der Waals surface area (Å²) < 4.78 is 19.3. The fourth-order valence-electron chi connectivity index (χ4n) is 5.74. The number of unbranched alkanes of at least 4 members (excludes halogenated alkanes) is 2. The van der Waals surface area contributed by atoms with Gasteiger partial charge in [-0.25, -0.2) is 0 Å². The van der Waals surface area contributed by atoms with Crippen LogP contribution in [0.2, 0.25) is 19.6 Å². The molecule has 3 aliphatic rings. The highest BCUT2D eigenvalue weighted by atomic mass is 32.2. The van der Waals surface area contributed by atoms with E-state index >= 15 is 0 Å². The van der Waals surface area contributed by atoms with Crippen molar-refractivity contribution < 1.29 is 28.6 Å². The maximum Gasteiger partial charge on any atom is 0.303 e. The van der Waals surface area contributed by atoms with Gasteiger partial charge in [0, 0.05) is 31.3 Å². The van der Waals surface area contributed by atoms with Gasteiger partial charge in [-0.3, -0.25) is 9.59 Å². The molecule has 228 valence electrons. The maximum absolute atomic E-state index is 13.3. The molecule has 9 heteroatoms. The Morgan fingerprint density at radius 1 is 1.18 bits per heavy atom. The van der Waals surface area contributed by atoms with Crippen molar-refractivity contribution in [2.24, 2.45) is 11.8 Å². The molecule has 2 aliphatic heterocycles. The molecule has 1 N–H and O–H groups in total. The third-order valence-electron chi connectivity index (χ3n) is 7.77. The molecule has 3 rings (SSSR count). The van der Waals surface area contributed by atoms with E-state index in [9.17, 15) is 9.59 Å². The molecule has 0 radical (unpaired) electrons. The molecular weight excluding hydrogens is 561 g/mol. The van der Waals surface area contributed by atoms with E-state index in [1.54, 1.807) is 0 Å². The van der Waals surface area contributed by atoms with Crippen LogP contribution in [0, 0.1) is 11.8 Å². The monoisotopic (exact) mass is 612 g/mol. The molecule has 0 aromatic heterocycles. The normalized spacial score (nSPS) is 28.4. The number of carboxylic acid groups (broad SMARTS) is 1. The molecule has 0 aromatic carbocycles. The number of ketones is 1. The molecule has 0 spiro atoms. The van der Waals surface area contributed by atoms with Crippen molar-refractivity contribution in [1.82, 2.24) is 0 Å². The first kappa shape index (κ1) is 33.9. The van der Waals surface area contributed by atoms with Crippen molar-refractivity contribution in [3.05, 3.63) is 24.3 Å². The minimum absolute atomic E-state index is 0.00416. The van der Waals surface area contributed by atoms with Gasteiger partial charge in [-0.1, -0.05) is 44.1 Å². The van der Waals surface area contributed by atoms with Crippen LogP contribution in [0.5, 0.6) is 0 Å². The predicted octanol–water partition coefficient (Wildman–Crippen LogP) is 7.84. The van der Waals surface area contributed by atoms with Crippen molar-refractivity contribution in [2.45, 2.75) is 126 Å². The summed E-state index contributed by atoms with van der Waals surface area (Å²) in [5.41, 5.74) is 0. The van der Waals surface area contributed by atoms with Gasteiger partial charge in [0.25, 0.3) is 0 Å². The number of hydrogen-bond acceptors (Lipinski definition) is 7. The van der Waals surface area contributed by atoms with E-state index in [4.69, 9.17) is 19.0 Å². The standard InChI is InChI=1S/C31H52O6S2Si/c1-5-6-19-31(38-21-13-22-39-31)28(37-40(2,3)4)18-17-25-24(14-9-7-8-10-15-29(33)34)26(32)23-27(25)36-30-16-11-12-20-35-30/h7,9,17-18,24-25,27-28,30H,5-6,8,10-16,19-23H2,1-4H3,(H,33,34)/b9-7-,18-17+/t24-,25-,27-,28?,30?/m1/s1. The number of thioether (sulfide) groups is 2. The average molecular weight is 613 g/mol. The lowest BCUT2D eigenvalue weighted by atomic mass is 9.90. The lowest BCUT2D eigenvalue weighted by molar-refractivity contribution is -0.192. The summed E-state index contributed by atoms with van der Waals surface area (Å²) in [7, 11) is -1.84. The van der Waals surface area contributed by atoms with Crippen LogP contribution in [0.3, 0.4) is 0 Å². The minimum Gasteiger partial charge on any atom is -0.481 e. The van der Waals surface area contributed by atoms with Crippen LogP contribution in [0.25, 0.3) is 0 Å². The number of hydrogen-bond donors (Lipinski definition) is 1. The number of aliphatic carboxylic acids is 1. The quantitative estimate of drug-likeness (QED) is 0.107. The highest BCUT2D eigenvalue weighted by molar-refractivity contribution is 8.18. The molecule has 1 saturated carbocycles. The van der Waals surface area contributed by atoms with E-state index < -0.39 is 14.3 Å². The van der Waals surface area contributed by atoms with Crippen LogP contribution in [-0.2, 0) is 23.5 Å². The third-order valence-corrected chi connectivity index (χ3v) is 12.3. The highest BCUT2D eigenvalue weighted by Crippen LogP contribution is 2.50. The molecule has 3 fully saturated rings. The van der Waals surface area contributed by atoms with Crippen LogP contribution in [0.1, 0.15) is 84.0 Å². The van der Waals surface area contributed by atoms with E-state index in [-0.39, 0.29) is 46.6 Å². The summed E-state index contributed by atoms with van der Waals surface area (Å²) in [4.78, 5) is 24.2. The van der Waals surface area contributed by atoms with Gasteiger partial charge in [-0.15, -0.1) is 23.5 Å². The molecule has 2 heterocycles. The van der Waals surface area contributed by atoms with E-state index in [1.165, 1.54) is 19.3 Å². The number of rotatable bonds is 16. The first-order chi connectivity index (χ1) is 19.1. The van der Waals surface area contributed by atoms with Crippen molar-refractivity contribution in [3.8, 4) is 0 Å². The number of allylic oxidation sites excluding steroid dienone is 2. The lowest BCUT2D eigenvalue weighted by Gasteiger charge is -2.43. The topological polar surface area (TPSA) is 82.1 Å². The summed E-state index contributed by atoms with van der Waals surface area (Å²) >= 11 is 4.15. The summed E-state index contributed by atoms with van der Waals surface area (Å²) in [6.45, 7) is 9.78. The highest BCUT2D eigenvalue weighted by Gasteiger charge is 2.45. The Morgan fingerprint density at radius 2 is 1.95 bits per heavy atom. The van der Waals surface area contributed by atoms with Crippen molar-refractivity contribution in [1.29, 1.82) is 0 Å². The average Bonchev–Trinajstić information content (AvgIpc) is 3.20. The first-order valence-electron chi connectivity index (χ1n) is 15.4. The second-order valence-electron chi connectivity index (χ2n) is 12.3. The van der Waals surface area contributed by atoms with Crippen LogP contribution in [0.4, 0.5) is 0 Å². The molecule has 5 atom stereocenters. The fraction of sp³-hybridized carbons (Fsp3) is 0.806. The van der Waals surface area contributed by atoms with Gasteiger partial charge in [0.1, 0.15) is 5.78 Å². The Bertz CT molecular complexity index is 845. The van der Waals surface area contributed by atoms with Gasteiger partial charge >= 0.3 is 5.97 Å². The van der Waals surface area contributed by atoms with Gasteiger partial charge in [-0.2, -0.15) is 0 Å². The smallest absolute Gasteiger partial charge is 0.303 e. The molecule has 0 bridgehead atoms. The van der Waals surface area contributed by atoms with Gasteiger partial charge in [0.2, 0.25) is 0 Å². The summed E-state index contributed by atoms with van der Waals surface area (Å²) in [6.07, 6.45) is 18.5. The molecule has 1 aliphatic carbocycles. The zero-order chi connectivity index (χ0) is 29.0. The zero-order valence-corrected chi connectivity index (χ0v) is 27.7. The number of carbonyl (C=O) groups excluding carboxylic acids is 1. The van der Waals surface area contributed by atoms with Crippen LogP contribution < -0.4 is 0 Å². The molecule has 2 saturated heterocycles. The van der Waals surface area contributed by atoms with Gasteiger partial charge in [-0.05, 0) is 82.5 Å². The van der Waals surface area contributed by atoms with Gasteiger partial charge in [0.15, 0.2) is 14.6 Å². The van der Waals surface area contributed by atoms with Crippen molar-refractivity contribution in [3.63, 3.8) is 0 Å². The van der Waals surface area contributed by atoms with Gasteiger partial charge in [0.05, 0.1) is 16.3 Å². The minimum atomic E-state index is -1.84. The Morgan fingerprint density at radius 3 is 2.60 bits per heavy atom. The number of ether oxygens (including phenoxy) is 2. The number of Topliss-reactive ketones (excluding diaryl/α,β-unsaturated/α-hetero) is 1. The molecular formula is C31H52O6S2Si. The molecule has 6 nitrogen and oxygen atoms in total. The summed E-state index contributed by atoms with van der Waals surface area (Å²) in [6, 6.07) is 0. The number of carboxylic acids is 1. The van der Waals surface area contributed by atoms with Gasteiger partial charge < -0.3 is 19.0 Å². The second-order valence-corrected chi connectivity index (χ2v) is 19.9. The molecule has 0 aromatic rings. The van der Waals surface area contributed by atoms with Crippen molar-refractivity contribution >= 4 is 43.6 Å². The lowest BCUT2D eigenvalue weighted by Crippen LogP contribution is -2.45. The SMILES string of the molecule is CCCCC1(C(/C=C/[C@H]2[C@H](OC3CCCCO3)CC(=O)[C@@H]2C/C=C\CCCC(=O)O)O[Si](C)(C)C)SCCCS1. The maximum atomic E-state index is 13.3. The molecule has 2 unspecified atom stereocenters. The Kier molecular flexibility index (Phi) is 14.3. The van der Waals surface area contributed by atoms with Crippen LogP contribution in [-0.4, -0.2) is 65.9 Å². The Labute approximate surface area is 251 Å².